The first kappa shape index (κ1) is 18.1. The van der Waals surface area contributed by atoms with E-state index in [2.05, 4.69) is 0 Å². The lowest BCUT2D eigenvalue weighted by atomic mass is 10.1. The largest absolute Gasteiger partial charge is 0.419 e. The highest BCUT2D eigenvalue weighted by Gasteiger charge is 2.40. The van der Waals surface area contributed by atoms with Crippen LogP contribution in [0.3, 0.4) is 0 Å². The van der Waals surface area contributed by atoms with Crippen molar-refractivity contribution in [1.82, 2.24) is 0 Å². The zero-order valence-electron chi connectivity index (χ0n) is 11.5. The van der Waals surface area contributed by atoms with Crippen LogP contribution in [0, 0.1) is 5.82 Å². The molecular weight excluding hydrogens is 313 g/mol. The normalized spacial score (nSPS) is 14.2. The molecule has 120 valence electrons. The number of nitrogens with two attached hydrogens (primary N) is 1. The van der Waals surface area contributed by atoms with E-state index < -0.39 is 36.5 Å². The highest BCUT2D eigenvalue weighted by atomic mass is 31.2. The van der Waals surface area contributed by atoms with Gasteiger partial charge in [-0.15, -0.1) is 0 Å². The maximum atomic E-state index is 14.0. The summed E-state index contributed by atoms with van der Waals surface area (Å²) in [5, 5.41) is 0. The van der Waals surface area contributed by atoms with E-state index in [1.807, 2.05) is 0 Å². The maximum Gasteiger partial charge on any atom is 0.419 e. The van der Waals surface area contributed by atoms with Gasteiger partial charge in [-0.3, -0.25) is 4.57 Å². The third-order valence-electron chi connectivity index (χ3n) is 2.61. The molecule has 0 heterocycles. The highest BCUT2D eigenvalue weighted by Crippen LogP contribution is 2.58. The molecule has 0 aromatic heterocycles. The number of hydrogen-bond donors (Lipinski definition) is 1. The van der Waals surface area contributed by atoms with Crippen molar-refractivity contribution in [2.45, 2.75) is 25.8 Å². The van der Waals surface area contributed by atoms with Crippen molar-refractivity contribution in [3.05, 3.63) is 35.1 Å². The summed E-state index contributed by atoms with van der Waals surface area (Å²) < 4.78 is 74.3. The van der Waals surface area contributed by atoms with Gasteiger partial charge >= 0.3 is 13.8 Å². The van der Waals surface area contributed by atoms with Gasteiger partial charge in [0, 0.05) is 5.56 Å². The van der Waals surface area contributed by atoms with Crippen LogP contribution >= 0.6 is 7.60 Å². The number of hydrogen-bond acceptors (Lipinski definition) is 4. The molecule has 0 amide bonds. The molecule has 1 rings (SSSR count). The molecule has 2 N–H and O–H groups in total. The van der Waals surface area contributed by atoms with Gasteiger partial charge in [-0.2, -0.15) is 13.2 Å². The Labute approximate surface area is 119 Å². The second-order valence-electron chi connectivity index (χ2n) is 4.03. The molecule has 1 aromatic rings. The van der Waals surface area contributed by atoms with Gasteiger partial charge in [0.1, 0.15) is 11.6 Å². The second-order valence-corrected chi connectivity index (χ2v) is 6.18. The van der Waals surface area contributed by atoms with E-state index in [9.17, 15) is 22.1 Å². The van der Waals surface area contributed by atoms with Crippen LogP contribution in [0.15, 0.2) is 18.2 Å². The molecule has 0 saturated carbocycles. The monoisotopic (exact) mass is 329 g/mol. The molecule has 1 atom stereocenters. The van der Waals surface area contributed by atoms with E-state index >= 15 is 0 Å². The lowest BCUT2D eigenvalue weighted by molar-refractivity contribution is -0.140. The van der Waals surface area contributed by atoms with E-state index in [1.54, 1.807) is 0 Å². The molecule has 0 radical (unpaired) electrons. The average Bonchev–Trinajstić information content (AvgIpc) is 2.37. The average molecular weight is 329 g/mol. The molecule has 0 spiro atoms. The Bertz CT molecular complexity index is 526. The molecule has 0 aliphatic carbocycles. The minimum absolute atomic E-state index is 0.0362. The summed E-state index contributed by atoms with van der Waals surface area (Å²) >= 11 is 0. The fourth-order valence-corrected chi connectivity index (χ4v) is 3.38. The van der Waals surface area contributed by atoms with Crippen molar-refractivity contribution in [2.24, 2.45) is 5.73 Å². The Balaban J connectivity index is 3.29. The zero-order valence-corrected chi connectivity index (χ0v) is 12.4. The van der Waals surface area contributed by atoms with Crippen LogP contribution in [0.5, 0.6) is 0 Å². The molecule has 4 nitrogen and oxygen atoms in total. The molecule has 0 aliphatic heterocycles. The molecule has 21 heavy (non-hydrogen) atoms. The Morgan fingerprint density at radius 3 is 2.19 bits per heavy atom. The molecule has 0 saturated heterocycles. The molecular formula is C12H16F4NO3P. The highest BCUT2D eigenvalue weighted by molar-refractivity contribution is 7.54. The first-order valence-corrected chi connectivity index (χ1v) is 7.78. The topological polar surface area (TPSA) is 61.5 Å². The summed E-state index contributed by atoms with van der Waals surface area (Å²) in [7, 11) is -3.96. The number of rotatable bonds is 6. The van der Waals surface area contributed by atoms with Crippen molar-refractivity contribution in [1.29, 1.82) is 0 Å². The van der Waals surface area contributed by atoms with Crippen LogP contribution in [-0.4, -0.2) is 13.2 Å². The van der Waals surface area contributed by atoms with Crippen molar-refractivity contribution >= 4 is 7.60 Å². The number of alkyl halides is 3. The minimum Gasteiger partial charge on any atom is -0.314 e. The molecule has 9 heteroatoms. The summed E-state index contributed by atoms with van der Waals surface area (Å²) in [4.78, 5) is 0. The van der Waals surface area contributed by atoms with Gasteiger partial charge in [-0.1, -0.05) is 12.1 Å². The fraction of sp³-hybridized carbons (Fsp3) is 0.500. The van der Waals surface area contributed by atoms with Gasteiger partial charge in [-0.05, 0) is 19.9 Å². The maximum absolute atomic E-state index is 14.0. The van der Waals surface area contributed by atoms with Gasteiger partial charge in [0.25, 0.3) is 0 Å². The first-order chi connectivity index (χ1) is 9.67. The van der Waals surface area contributed by atoms with E-state index in [-0.39, 0.29) is 13.2 Å². The number of benzene rings is 1. The predicted molar refractivity (Wildman–Crippen MR) is 69.2 cm³/mol. The third kappa shape index (κ3) is 4.03. The van der Waals surface area contributed by atoms with Crippen molar-refractivity contribution < 1.29 is 31.2 Å². The summed E-state index contributed by atoms with van der Waals surface area (Å²) in [5.74, 6) is -3.21. The second kappa shape index (κ2) is 6.87. The van der Waals surface area contributed by atoms with E-state index in [4.69, 9.17) is 14.8 Å². The Morgan fingerprint density at radius 1 is 1.24 bits per heavy atom. The number of halogens is 4. The lowest BCUT2D eigenvalue weighted by Gasteiger charge is -2.24. The van der Waals surface area contributed by atoms with Crippen LogP contribution < -0.4 is 5.73 Å². The SMILES string of the molecule is CCOP(=O)(OCC)[C@H](N)c1cccc(C(F)(F)F)c1F. The standard InChI is InChI=1S/C12H16F4NO3P/c1-3-19-21(18,20-4-2)11(17)8-6-5-7-9(10(8)13)12(14,15)16/h5-7,11H,3-4,17H2,1-2H3/t11-/m0/s1. The Hall–Kier alpha value is -0.950. The Kier molecular flexibility index (Phi) is 5.92. The van der Waals surface area contributed by atoms with Gasteiger partial charge in [0.15, 0.2) is 0 Å². The summed E-state index contributed by atoms with van der Waals surface area (Å²) in [6, 6.07) is 2.60. The van der Waals surface area contributed by atoms with Crippen LogP contribution in [0.4, 0.5) is 17.6 Å². The summed E-state index contributed by atoms with van der Waals surface area (Å²) in [6.07, 6.45) is -4.87. The van der Waals surface area contributed by atoms with E-state index in [0.29, 0.717) is 6.07 Å². The molecule has 0 fully saturated rings. The van der Waals surface area contributed by atoms with E-state index in [0.717, 1.165) is 12.1 Å². The minimum atomic E-state index is -4.87. The Morgan fingerprint density at radius 2 is 1.76 bits per heavy atom. The predicted octanol–water partition coefficient (Wildman–Crippen LogP) is 4.07. The summed E-state index contributed by atoms with van der Waals surface area (Å²) in [6.45, 7) is 2.96. The van der Waals surface area contributed by atoms with Crippen LogP contribution in [0.2, 0.25) is 0 Å². The zero-order chi connectivity index (χ0) is 16.3. The smallest absolute Gasteiger partial charge is 0.314 e. The van der Waals surface area contributed by atoms with Crippen molar-refractivity contribution in [2.75, 3.05) is 13.2 Å². The third-order valence-corrected chi connectivity index (χ3v) is 4.81. The quantitative estimate of drug-likeness (QED) is 0.631. The van der Waals surface area contributed by atoms with Crippen molar-refractivity contribution in [3.63, 3.8) is 0 Å². The lowest BCUT2D eigenvalue weighted by Crippen LogP contribution is -2.19. The molecule has 0 unspecified atom stereocenters. The van der Waals surface area contributed by atoms with Crippen LogP contribution in [0.1, 0.15) is 30.8 Å². The van der Waals surface area contributed by atoms with Crippen LogP contribution in [0.25, 0.3) is 0 Å². The van der Waals surface area contributed by atoms with Crippen molar-refractivity contribution in [3.8, 4) is 0 Å². The first-order valence-electron chi connectivity index (χ1n) is 6.17. The molecule has 0 aliphatic rings. The van der Waals surface area contributed by atoms with Gasteiger partial charge < -0.3 is 14.8 Å². The molecule has 1 aromatic carbocycles. The molecule has 0 bridgehead atoms. The van der Waals surface area contributed by atoms with Gasteiger partial charge in [0.05, 0.1) is 18.8 Å². The van der Waals surface area contributed by atoms with Gasteiger partial charge in [0.2, 0.25) is 0 Å². The summed E-state index contributed by atoms with van der Waals surface area (Å²) in [5.41, 5.74) is 3.60. The van der Waals surface area contributed by atoms with Crippen LogP contribution in [-0.2, 0) is 19.8 Å². The van der Waals surface area contributed by atoms with Gasteiger partial charge in [-0.25, -0.2) is 4.39 Å². The van der Waals surface area contributed by atoms with E-state index in [1.165, 1.54) is 13.8 Å². The fourth-order valence-electron chi connectivity index (χ4n) is 1.73.